The molecule has 2 atom stereocenters. The number of aromatic nitrogens is 1. The van der Waals surface area contributed by atoms with Crippen LogP contribution in [0.3, 0.4) is 0 Å². The van der Waals surface area contributed by atoms with Gasteiger partial charge in [0.25, 0.3) is 0 Å². The molecular formula is C21H29N3O2. The fraction of sp³-hybridized carbons (Fsp3) is 0.476. The lowest BCUT2D eigenvalue weighted by Gasteiger charge is -2.16. The maximum atomic E-state index is 10.3. The summed E-state index contributed by atoms with van der Waals surface area (Å²) in [5.74, 6) is 1.16. The molecule has 0 aliphatic carbocycles. The van der Waals surface area contributed by atoms with Gasteiger partial charge in [-0.1, -0.05) is 12.2 Å². The van der Waals surface area contributed by atoms with Crippen LogP contribution in [-0.2, 0) is 6.42 Å². The summed E-state index contributed by atoms with van der Waals surface area (Å²) in [4.78, 5) is 6.81. The number of benzene rings is 1. The van der Waals surface area contributed by atoms with E-state index in [9.17, 15) is 5.11 Å². The number of ether oxygens (including phenoxy) is 1. The predicted octanol–water partition coefficient (Wildman–Crippen LogP) is 2.24. The van der Waals surface area contributed by atoms with Crippen LogP contribution in [0.15, 0.2) is 42.6 Å². The monoisotopic (exact) mass is 355 g/mol. The molecule has 140 valence electrons. The zero-order valence-corrected chi connectivity index (χ0v) is 15.7. The lowest BCUT2D eigenvalue weighted by atomic mass is 10.1. The molecule has 2 unspecified atom stereocenters. The van der Waals surface area contributed by atoms with E-state index in [-0.39, 0.29) is 6.10 Å². The summed E-state index contributed by atoms with van der Waals surface area (Å²) in [5.41, 5.74) is 2.27. The van der Waals surface area contributed by atoms with Crippen molar-refractivity contribution in [1.29, 1.82) is 0 Å². The minimum atomic E-state index is -0.248. The average Bonchev–Trinajstić information content (AvgIpc) is 3.02. The van der Waals surface area contributed by atoms with E-state index in [2.05, 4.69) is 33.4 Å². The second-order valence-electron chi connectivity index (χ2n) is 6.92. The largest absolute Gasteiger partial charge is 0.497 e. The number of nitrogens with one attached hydrogen (secondary N) is 1. The minimum absolute atomic E-state index is 0.248. The fourth-order valence-electron chi connectivity index (χ4n) is 3.60. The Balaban J connectivity index is 1.58. The van der Waals surface area contributed by atoms with Gasteiger partial charge in [-0.05, 0) is 43.2 Å². The third-order valence-corrected chi connectivity index (χ3v) is 5.12. The van der Waals surface area contributed by atoms with Crippen molar-refractivity contribution in [3.63, 3.8) is 0 Å². The van der Waals surface area contributed by atoms with Crippen molar-refractivity contribution in [2.75, 3.05) is 39.8 Å². The number of nitrogens with zero attached hydrogens (tertiary/aromatic N) is 2. The Morgan fingerprint density at radius 3 is 3.04 bits per heavy atom. The second-order valence-corrected chi connectivity index (χ2v) is 6.92. The smallest absolute Gasteiger partial charge is 0.119 e. The zero-order chi connectivity index (χ0) is 18.4. The van der Waals surface area contributed by atoms with E-state index < -0.39 is 0 Å². The molecule has 2 heterocycles. The third-order valence-electron chi connectivity index (χ3n) is 5.12. The van der Waals surface area contributed by atoms with Gasteiger partial charge in [-0.3, -0.25) is 4.98 Å². The van der Waals surface area contributed by atoms with Crippen LogP contribution in [0.4, 0.5) is 0 Å². The summed E-state index contributed by atoms with van der Waals surface area (Å²) >= 11 is 0. The Morgan fingerprint density at radius 2 is 2.23 bits per heavy atom. The number of rotatable bonds is 8. The standard InChI is InChI=1S/C21H29N3O2/c1-3-4-9-22-13-17-14-24(15-21(17)25)11-8-16-7-10-23-20-6-5-18(26-2)12-19(16)20/h3-7,10,12,17,21-22,25H,8-9,11,13-15H2,1-2H3/b4-3+. The van der Waals surface area contributed by atoms with Crippen molar-refractivity contribution >= 4 is 10.9 Å². The summed E-state index contributed by atoms with van der Waals surface area (Å²) in [5, 5.41) is 14.9. The number of β-amino-alcohol motifs (C(OH)–C–C–N with tert-alkyl or cyclic N) is 1. The molecule has 2 N–H and O–H groups in total. The van der Waals surface area contributed by atoms with Crippen LogP contribution in [-0.4, -0.2) is 60.9 Å². The molecule has 0 bridgehead atoms. The number of hydrogen-bond donors (Lipinski definition) is 2. The van der Waals surface area contributed by atoms with Crippen molar-refractivity contribution in [2.45, 2.75) is 19.4 Å². The minimum Gasteiger partial charge on any atom is -0.497 e. The molecule has 0 spiro atoms. The van der Waals surface area contributed by atoms with Crippen molar-refractivity contribution in [3.05, 3.63) is 48.2 Å². The van der Waals surface area contributed by atoms with Crippen LogP contribution in [0.1, 0.15) is 12.5 Å². The molecular weight excluding hydrogens is 326 g/mol. The van der Waals surface area contributed by atoms with E-state index >= 15 is 0 Å². The first-order valence-electron chi connectivity index (χ1n) is 9.35. The number of fused-ring (bicyclic) bond motifs is 1. The average molecular weight is 355 g/mol. The van der Waals surface area contributed by atoms with Gasteiger partial charge in [-0.15, -0.1) is 0 Å². The predicted molar refractivity (Wildman–Crippen MR) is 106 cm³/mol. The topological polar surface area (TPSA) is 57.6 Å². The van der Waals surface area contributed by atoms with Crippen molar-refractivity contribution in [3.8, 4) is 5.75 Å². The Hall–Kier alpha value is -1.95. The highest BCUT2D eigenvalue weighted by atomic mass is 16.5. The number of allylic oxidation sites excluding steroid dienone is 1. The Bertz CT molecular complexity index is 747. The van der Waals surface area contributed by atoms with Gasteiger partial charge in [0.1, 0.15) is 5.75 Å². The summed E-state index contributed by atoms with van der Waals surface area (Å²) in [6, 6.07) is 8.10. The summed E-state index contributed by atoms with van der Waals surface area (Å²) in [7, 11) is 1.69. The Kier molecular flexibility index (Phi) is 6.61. The second kappa shape index (κ2) is 9.12. The van der Waals surface area contributed by atoms with Crippen LogP contribution in [0, 0.1) is 5.92 Å². The van der Waals surface area contributed by atoms with E-state index in [1.54, 1.807) is 7.11 Å². The van der Waals surface area contributed by atoms with E-state index in [1.165, 1.54) is 5.56 Å². The van der Waals surface area contributed by atoms with E-state index in [1.807, 2.05) is 31.3 Å². The molecule has 2 aromatic rings. The Labute approximate surface area is 155 Å². The number of aliphatic hydroxyl groups is 1. The van der Waals surface area contributed by atoms with Crippen LogP contribution in [0.5, 0.6) is 5.75 Å². The highest BCUT2D eigenvalue weighted by Gasteiger charge is 2.30. The number of aliphatic hydroxyl groups excluding tert-OH is 1. The van der Waals surface area contributed by atoms with Gasteiger partial charge in [0, 0.05) is 50.2 Å². The third kappa shape index (κ3) is 4.61. The molecule has 1 aromatic heterocycles. The molecule has 3 rings (SSSR count). The van der Waals surface area contributed by atoms with Crippen LogP contribution in [0.2, 0.25) is 0 Å². The van der Waals surface area contributed by atoms with E-state index in [0.29, 0.717) is 5.92 Å². The SMILES string of the molecule is C/C=C/CNCC1CN(CCc2ccnc3ccc(OC)cc23)CC1O. The lowest BCUT2D eigenvalue weighted by molar-refractivity contribution is 0.141. The molecule has 0 radical (unpaired) electrons. The number of likely N-dealkylation sites (tertiary alicyclic amines) is 1. The first-order chi connectivity index (χ1) is 12.7. The fourth-order valence-corrected chi connectivity index (χ4v) is 3.60. The molecule has 0 saturated carbocycles. The van der Waals surface area contributed by atoms with Gasteiger partial charge in [-0.25, -0.2) is 0 Å². The maximum Gasteiger partial charge on any atom is 0.119 e. The number of hydrogen-bond acceptors (Lipinski definition) is 5. The molecule has 0 amide bonds. The van der Waals surface area contributed by atoms with Crippen LogP contribution >= 0.6 is 0 Å². The Morgan fingerprint density at radius 1 is 1.35 bits per heavy atom. The van der Waals surface area contributed by atoms with Crippen molar-refractivity contribution in [1.82, 2.24) is 15.2 Å². The van der Waals surface area contributed by atoms with Gasteiger partial charge in [0.15, 0.2) is 0 Å². The van der Waals surface area contributed by atoms with Gasteiger partial charge in [0.05, 0.1) is 18.7 Å². The molecule has 1 aliphatic rings. The normalized spacial score (nSPS) is 21.0. The van der Waals surface area contributed by atoms with Crippen molar-refractivity contribution in [2.24, 2.45) is 5.92 Å². The summed E-state index contributed by atoms with van der Waals surface area (Å²) in [6.07, 6.45) is 6.71. The molecule has 1 fully saturated rings. The first kappa shape index (κ1) is 18.8. The summed E-state index contributed by atoms with van der Waals surface area (Å²) in [6.45, 7) is 6.38. The van der Waals surface area contributed by atoms with Gasteiger partial charge in [-0.2, -0.15) is 0 Å². The van der Waals surface area contributed by atoms with Crippen LogP contribution < -0.4 is 10.1 Å². The molecule has 5 heteroatoms. The van der Waals surface area contributed by atoms with E-state index in [0.717, 1.165) is 55.8 Å². The molecule has 1 aliphatic heterocycles. The van der Waals surface area contributed by atoms with Gasteiger partial charge in [0.2, 0.25) is 0 Å². The lowest BCUT2D eigenvalue weighted by Crippen LogP contribution is -2.30. The molecule has 26 heavy (non-hydrogen) atoms. The van der Waals surface area contributed by atoms with Gasteiger partial charge >= 0.3 is 0 Å². The number of methoxy groups -OCH3 is 1. The van der Waals surface area contributed by atoms with Crippen LogP contribution in [0.25, 0.3) is 10.9 Å². The highest BCUT2D eigenvalue weighted by molar-refractivity contribution is 5.83. The summed E-state index contributed by atoms with van der Waals surface area (Å²) < 4.78 is 5.36. The molecule has 1 saturated heterocycles. The maximum absolute atomic E-state index is 10.3. The van der Waals surface area contributed by atoms with Gasteiger partial charge < -0.3 is 20.1 Å². The molecule has 1 aromatic carbocycles. The highest BCUT2D eigenvalue weighted by Crippen LogP contribution is 2.24. The quantitative estimate of drug-likeness (QED) is 0.562. The van der Waals surface area contributed by atoms with E-state index in [4.69, 9.17) is 4.74 Å². The molecule has 5 nitrogen and oxygen atoms in total. The zero-order valence-electron chi connectivity index (χ0n) is 15.7. The number of pyridine rings is 1. The first-order valence-corrected chi connectivity index (χ1v) is 9.35. The van der Waals surface area contributed by atoms with Crippen molar-refractivity contribution < 1.29 is 9.84 Å².